The van der Waals surface area contributed by atoms with Crippen molar-refractivity contribution >= 4 is 18.3 Å². The van der Waals surface area contributed by atoms with E-state index in [2.05, 4.69) is 16.0 Å². The van der Waals surface area contributed by atoms with Gasteiger partial charge in [0, 0.05) is 25.6 Å². The molecule has 0 bridgehead atoms. The molecular weight excluding hydrogens is 202 g/mol. The molecular formula is C9H18ClN3O. The number of rotatable bonds is 3. The van der Waals surface area contributed by atoms with E-state index in [1.54, 1.807) is 0 Å². The summed E-state index contributed by atoms with van der Waals surface area (Å²) in [6, 6.07) is 0.0769. The van der Waals surface area contributed by atoms with Gasteiger partial charge in [0.05, 0.1) is 6.04 Å². The van der Waals surface area contributed by atoms with Gasteiger partial charge in [-0.2, -0.15) is 0 Å². The average Bonchev–Trinajstić information content (AvgIpc) is 2.52. The van der Waals surface area contributed by atoms with E-state index in [1.165, 1.54) is 0 Å². The third kappa shape index (κ3) is 2.83. The van der Waals surface area contributed by atoms with E-state index in [-0.39, 0.29) is 24.4 Å². The molecule has 1 atom stereocenters. The van der Waals surface area contributed by atoms with E-state index in [9.17, 15) is 4.79 Å². The standard InChI is InChI=1S/C9H17N3O.ClH/c13-9(8-2-1-3-11-8)12-6-7-4-10-5-7;/h7-8,10-11H,1-6H2,(H,12,13);1H/t8-;/m0./s1. The molecule has 2 saturated heterocycles. The summed E-state index contributed by atoms with van der Waals surface area (Å²) in [7, 11) is 0. The van der Waals surface area contributed by atoms with E-state index in [1.807, 2.05) is 0 Å². The first-order valence-electron chi connectivity index (χ1n) is 5.08. The third-order valence-corrected chi connectivity index (χ3v) is 2.81. The van der Waals surface area contributed by atoms with Crippen molar-refractivity contribution in [2.24, 2.45) is 5.92 Å². The van der Waals surface area contributed by atoms with Crippen LogP contribution in [0.1, 0.15) is 12.8 Å². The first kappa shape index (κ1) is 11.8. The van der Waals surface area contributed by atoms with Crippen LogP contribution < -0.4 is 16.0 Å². The number of amides is 1. The Morgan fingerprint density at radius 3 is 2.71 bits per heavy atom. The lowest BCUT2D eigenvalue weighted by molar-refractivity contribution is -0.123. The van der Waals surface area contributed by atoms with Gasteiger partial charge in [0.2, 0.25) is 5.91 Å². The minimum absolute atomic E-state index is 0. The highest BCUT2D eigenvalue weighted by Crippen LogP contribution is 2.05. The van der Waals surface area contributed by atoms with Gasteiger partial charge in [0.1, 0.15) is 0 Å². The second kappa shape index (κ2) is 5.53. The van der Waals surface area contributed by atoms with Crippen LogP contribution in [0.4, 0.5) is 0 Å². The van der Waals surface area contributed by atoms with Crippen molar-refractivity contribution in [1.82, 2.24) is 16.0 Å². The minimum Gasteiger partial charge on any atom is -0.354 e. The summed E-state index contributed by atoms with van der Waals surface area (Å²) in [4.78, 5) is 11.5. The maximum absolute atomic E-state index is 11.5. The topological polar surface area (TPSA) is 53.2 Å². The van der Waals surface area contributed by atoms with Crippen molar-refractivity contribution in [3.05, 3.63) is 0 Å². The highest BCUT2D eigenvalue weighted by molar-refractivity contribution is 5.85. The molecule has 0 aromatic heterocycles. The highest BCUT2D eigenvalue weighted by Gasteiger charge is 2.23. The summed E-state index contributed by atoms with van der Waals surface area (Å²) in [5.74, 6) is 0.842. The second-order valence-electron chi connectivity index (χ2n) is 3.92. The fraction of sp³-hybridized carbons (Fsp3) is 0.889. The molecule has 2 rings (SSSR count). The van der Waals surface area contributed by atoms with E-state index in [0.29, 0.717) is 5.92 Å². The van der Waals surface area contributed by atoms with Gasteiger partial charge in [0.15, 0.2) is 0 Å². The molecule has 5 heteroatoms. The fourth-order valence-electron chi connectivity index (χ4n) is 1.77. The summed E-state index contributed by atoms with van der Waals surface area (Å²) in [6.45, 7) is 3.93. The van der Waals surface area contributed by atoms with Crippen molar-refractivity contribution in [2.75, 3.05) is 26.2 Å². The molecule has 82 valence electrons. The van der Waals surface area contributed by atoms with Gasteiger partial charge in [-0.1, -0.05) is 0 Å². The Bertz CT molecular complexity index is 190. The number of hydrogen-bond donors (Lipinski definition) is 3. The highest BCUT2D eigenvalue weighted by atomic mass is 35.5. The Balaban J connectivity index is 0.000000980. The van der Waals surface area contributed by atoms with Crippen LogP contribution in [0.5, 0.6) is 0 Å². The van der Waals surface area contributed by atoms with E-state index in [4.69, 9.17) is 0 Å². The zero-order chi connectivity index (χ0) is 9.10. The smallest absolute Gasteiger partial charge is 0.237 e. The minimum atomic E-state index is 0. The Labute approximate surface area is 90.6 Å². The molecule has 3 N–H and O–H groups in total. The Hall–Kier alpha value is -0.320. The average molecular weight is 220 g/mol. The van der Waals surface area contributed by atoms with Crippen LogP contribution in [0.3, 0.4) is 0 Å². The van der Waals surface area contributed by atoms with Gasteiger partial charge in [-0.3, -0.25) is 4.79 Å². The summed E-state index contributed by atoms with van der Waals surface area (Å²) in [5.41, 5.74) is 0. The third-order valence-electron chi connectivity index (χ3n) is 2.81. The van der Waals surface area contributed by atoms with E-state index >= 15 is 0 Å². The van der Waals surface area contributed by atoms with Crippen molar-refractivity contribution in [3.63, 3.8) is 0 Å². The van der Waals surface area contributed by atoms with Crippen LogP contribution in [-0.4, -0.2) is 38.1 Å². The largest absolute Gasteiger partial charge is 0.354 e. The van der Waals surface area contributed by atoms with Crippen LogP contribution in [0.2, 0.25) is 0 Å². The first-order chi connectivity index (χ1) is 6.36. The van der Waals surface area contributed by atoms with Crippen molar-refractivity contribution < 1.29 is 4.79 Å². The first-order valence-corrected chi connectivity index (χ1v) is 5.08. The molecule has 0 radical (unpaired) electrons. The van der Waals surface area contributed by atoms with Gasteiger partial charge < -0.3 is 16.0 Å². The molecule has 0 unspecified atom stereocenters. The van der Waals surface area contributed by atoms with Crippen molar-refractivity contribution in [1.29, 1.82) is 0 Å². The zero-order valence-electron chi connectivity index (χ0n) is 8.21. The fourth-order valence-corrected chi connectivity index (χ4v) is 1.77. The lowest BCUT2D eigenvalue weighted by Gasteiger charge is -2.27. The summed E-state index contributed by atoms with van der Waals surface area (Å²) in [6.07, 6.45) is 2.12. The summed E-state index contributed by atoms with van der Waals surface area (Å²) >= 11 is 0. The van der Waals surface area contributed by atoms with Crippen LogP contribution in [0, 0.1) is 5.92 Å². The van der Waals surface area contributed by atoms with Gasteiger partial charge in [0.25, 0.3) is 0 Å². The molecule has 14 heavy (non-hydrogen) atoms. The normalized spacial score (nSPS) is 26.4. The molecule has 0 aromatic carbocycles. The van der Waals surface area contributed by atoms with Gasteiger partial charge in [-0.25, -0.2) is 0 Å². The number of halogens is 1. The van der Waals surface area contributed by atoms with E-state index < -0.39 is 0 Å². The molecule has 2 fully saturated rings. The quantitative estimate of drug-likeness (QED) is 0.600. The molecule has 0 saturated carbocycles. The number of carbonyl (C=O) groups is 1. The lowest BCUT2D eigenvalue weighted by atomic mass is 10.0. The Morgan fingerprint density at radius 1 is 1.43 bits per heavy atom. The number of hydrogen-bond acceptors (Lipinski definition) is 3. The van der Waals surface area contributed by atoms with Crippen LogP contribution >= 0.6 is 12.4 Å². The lowest BCUT2D eigenvalue weighted by Crippen LogP contribution is -2.50. The zero-order valence-corrected chi connectivity index (χ0v) is 9.03. The number of nitrogens with one attached hydrogen (secondary N) is 3. The molecule has 2 aliphatic rings. The molecule has 2 aliphatic heterocycles. The predicted molar refractivity (Wildman–Crippen MR) is 57.6 cm³/mol. The molecule has 0 aliphatic carbocycles. The monoisotopic (exact) mass is 219 g/mol. The Morgan fingerprint density at radius 2 is 2.21 bits per heavy atom. The molecule has 0 aromatic rings. The maximum Gasteiger partial charge on any atom is 0.237 e. The molecule has 1 amide bonds. The SMILES string of the molecule is Cl.O=C(NCC1CNC1)[C@@H]1CCCN1. The van der Waals surface area contributed by atoms with Crippen molar-refractivity contribution in [2.45, 2.75) is 18.9 Å². The van der Waals surface area contributed by atoms with Crippen LogP contribution in [0.25, 0.3) is 0 Å². The van der Waals surface area contributed by atoms with Gasteiger partial charge in [-0.15, -0.1) is 12.4 Å². The van der Waals surface area contributed by atoms with E-state index in [0.717, 1.165) is 39.0 Å². The molecule has 4 nitrogen and oxygen atoms in total. The Kier molecular flexibility index (Phi) is 4.65. The predicted octanol–water partition coefficient (Wildman–Crippen LogP) is -0.504. The number of carbonyl (C=O) groups excluding carboxylic acids is 1. The molecule has 2 heterocycles. The second-order valence-corrected chi connectivity index (χ2v) is 3.92. The van der Waals surface area contributed by atoms with Crippen LogP contribution in [-0.2, 0) is 4.79 Å². The maximum atomic E-state index is 11.5. The van der Waals surface area contributed by atoms with Gasteiger partial charge >= 0.3 is 0 Å². The molecule has 0 spiro atoms. The van der Waals surface area contributed by atoms with Crippen molar-refractivity contribution in [3.8, 4) is 0 Å². The van der Waals surface area contributed by atoms with Crippen LogP contribution in [0.15, 0.2) is 0 Å². The summed E-state index contributed by atoms with van der Waals surface area (Å²) in [5, 5.41) is 9.36. The van der Waals surface area contributed by atoms with Gasteiger partial charge in [-0.05, 0) is 19.4 Å². The summed E-state index contributed by atoms with van der Waals surface area (Å²) < 4.78 is 0.